The van der Waals surface area contributed by atoms with Crippen molar-refractivity contribution in [3.8, 4) is 5.75 Å². The molecule has 3 aromatic carbocycles. The first-order chi connectivity index (χ1) is 18.6. The van der Waals surface area contributed by atoms with Gasteiger partial charge in [-0.25, -0.2) is 4.79 Å². The Labute approximate surface area is 225 Å². The number of anilines is 1. The zero-order valence-electron chi connectivity index (χ0n) is 21.8. The summed E-state index contributed by atoms with van der Waals surface area (Å²) in [4.78, 5) is 12.5. The van der Waals surface area contributed by atoms with Crippen molar-refractivity contribution in [1.29, 1.82) is 0 Å². The second-order valence-corrected chi connectivity index (χ2v) is 12.8. The summed E-state index contributed by atoms with van der Waals surface area (Å²) < 4.78 is 5.63. The molecule has 4 bridgehead atoms. The van der Waals surface area contributed by atoms with E-state index >= 15 is 0 Å². The van der Waals surface area contributed by atoms with E-state index in [-0.39, 0.29) is 12.0 Å². The van der Waals surface area contributed by atoms with E-state index in [1.54, 1.807) is 17.7 Å². The summed E-state index contributed by atoms with van der Waals surface area (Å²) in [5.41, 5.74) is 6.66. The molecular weight excluding hydrogens is 466 g/mol. The second-order valence-electron chi connectivity index (χ2n) is 12.8. The van der Waals surface area contributed by atoms with Gasteiger partial charge in [0, 0.05) is 11.6 Å². The van der Waals surface area contributed by atoms with Crippen molar-refractivity contribution < 1.29 is 9.53 Å². The number of hydrogen-bond acceptors (Lipinski definition) is 3. The molecular formula is C35H35NO2. The Bertz CT molecular complexity index is 1370. The maximum atomic E-state index is 12.5. The van der Waals surface area contributed by atoms with Crippen LogP contribution in [0.5, 0.6) is 5.75 Å². The van der Waals surface area contributed by atoms with Crippen molar-refractivity contribution in [3.05, 3.63) is 107 Å². The first-order valence-electron chi connectivity index (χ1n) is 14.6. The molecule has 0 spiro atoms. The van der Waals surface area contributed by atoms with Gasteiger partial charge in [0.05, 0.1) is 11.6 Å². The summed E-state index contributed by atoms with van der Waals surface area (Å²) in [6, 6.07) is 25.0. The van der Waals surface area contributed by atoms with E-state index in [0.29, 0.717) is 28.6 Å². The quantitative estimate of drug-likeness (QED) is 0.222. The number of allylic oxidation sites excluding steroid dienone is 2. The Morgan fingerprint density at radius 1 is 0.842 bits per heavy atom. The molecule has 38 heavy (non-hydrogen) atoms. The molecule has 0 amide bonds. The molecule has 0 aromatic heterocycles. The highest BCUT2D eigenvalue weighted by molar-refractivity contribution is 5.90. The van der Waals surface area contributed by atoms with E-state index in [4.69, 9.17) is 4.74 Å². The smallest absolute Gasteiger partial charge is 0.343 e. The number of nitrogens with one attached hydrogen (secondary N) is 1. The van der Waals surface area contributed by atoms with Gasteiger partial charge in [-0.1, -0.05) is 54.6 Å². The second kappa shape index (κ2) is 8.59. The van der Waals surface area contributed by atoms with Crippen LogP contribution in [0.2, 0.25) is 0 Å². The van der Waals surface area contributed by atoms with Gasteiger partial charge in [0.1, 0.15) is 5.75 Å². The van der Waals surface area contributed by atoms with Gasteiger partial charge in [0.15, 0.2) is 0 Å². The summed E-state index contributed by atoms with van der Waals surface area (Å²) in [5.74, 6) is 4.13. The highest BCUT2D eigenvalue weighted by atomic mass is 16.5. The maximum Gasteiger partial charge on any atom is 0.343 e. The molecule has 4 fully saturated rings. The topological polar surface area (TPSA) is 38.3 Å². The summed E-state index contributed by atoms with van der Waals surface area (Å²) in [6.45, 7) is 0. The Morgan fingerprint density at radius 3 is 2.26 bits per heavy atom. The predicted molar refractivity (Wildman–Crippen MR) is 150 cm³/mol. The fourth-order valence-electron chi connectivity index (χ4n) is 9.20. The van der Waals surface area contributed by atoms with Gasteiger partial charge in [-0.3, -0.25) is 0 Å². The van der Waals surface area contributed by atoms with Gasteiger partial charge in [-0.15, -0.1) is 0 Å². The lowest BCUT2D eigenvalue weighted by Gasteiger charge is -2.57. The van der Waals surface area contributed by atoms with Gasteiger partial charge >= 0.3 is 5.97 Å². The zero-order valence-corrected chi connectivity index (χ0v) is 21.8. The standard InChI is InChI=1S/C35H35NO2/c37-34(26-5-2-1-3-6-26)38-28-12-9-25(10-13-28)33-30-8-4-7-29(30)31-18-27(11-14-32(31)36-33)35-19-22-15-23(20-35)17-24(16-22)21-35/h1-7,9-14,18,22-24,29-30,33,36H,8,15-17,19-21H2/t22?,23?,24?,29-,30+,33-,35?/m0/s1. The molecule has 5 aliphatic carbocycles. The van der Waals surface area contributed by atoms with Crippen LogP contribution in [0.1, 0.15) is 84.0 Å². The molecule has 1 aliphatic heterocycles. The number of benzene rings is 3. The number of hydrogen-bond donors (Lipinski definition) is 1. The van der Waals surface area contributed by atoms with Crippen LogP contribution in [0.15, 0.2) is 84.9 Å². The van der Waals surface area contributed by atoms with Crippen LogP contribution in [0.4, 0.5) is 5.69 Å². The molecule has 0 radical (unpaired) electrons. The Hall–Kier alpha value is -3.33. The predicted octanol–water partition coefficient (Wildman–Crippen LogP) is 8.20. The van der Waals surface area contributed by atoms with E-state index in [2.05, 4.69) is 47.8 Å². The highest BCUT2D eigenvalue weighted by Crippen LogP contribution is 2.61. The summed E-state index contributed by atoms with van der Waals surface area (Å²) in [5, 5.41) is 3.92. The van der Waals surface area contributed by atoms with Crippen molar-refractivity contribution in [3.63, 3.8) is 0 Å². The van der Waals surface area contributed by atoms with Crippen LogP contribution < -0.4 is 10.1 Å². The highest BCUT2D eigenvalue weighted by Gasteiger charge is 2.52. The van der Waals surface area contributed by atoms with Crippen molar-refractivity contribution in [2.75, 3.05) is 5.32 Å². The van der Waals surface area contributed by atoms with Crippen LogP contribution in [-0.2, 0) is 5.41 Å². The molecule has 4 saturated carbocycles. The first-order valence-corrected chi connectivity index (χ1v) is 14.6. The largest absolute Gasteiger partial charge is 0.423 e. The number of fused-ring (bicyclic) bond motifs is 3. The van der Waals surface area contributed by atoms with Gasteiger partial charge < -0.3 is 10.1 Å². The summed E-state index contributed by atoms with van der Waals surface area (Å²) in [6.07, 6.45) is 14.6. The zero-order chi connectivity index (χ0) is 25.3. The molecule has 1 heterocycles. The van der Waals surface area contributed by atoms with Crippen LogP contribution in [0.25, 0.3) is 0 Å². The lowest BCUT2D eigenvalue weighted by atomic mass is 9.48. The van der Waals surface area contributed by atoms with Crippen LogP contribution in [0.3, 0.4) is 0 Å². The Balaban J connectivity index is 1.05. The average molecular weight is 502 g/mol. The van der Waals surface area contributed by atoms with Gasteiger partial charge in [-0.2, -0.15) is 0 Å². The number of rotatable bonds is 4. The summed E-state index contributed by atoms with van der Waals surface area (Å²) >= 11 is 0. The van der Waals surface area contributed by atoms with Crippen LogP contribution in [0, 0.1) is 23.7 Å². The molecule has 6 aliphatic rings. The van der Waals surface area contributed by atoms with Crippen molar-refractivity contribution in [1.82, 2.24) is 0 Å². The van der Waals surface area contributed by atoms with Gasteiger partial charge in [0.2, 0.25) is 0 Å². The number of ether oxygens (including phenoxy) is 1. The Kier molecular flexibility index (Phi) is 5.12. The number of esters is 1. The first kappa shape index (κ1) is 22.6. The van der Waals surface area contributed by atoms with Gasteiger partial charge in [0.25, 0.3) is 0 Å². The van der Waals surface area contributed by atoms with Crippen molar-refractivity contribution in [2.24, 2.45) is 23.7 Å². The summed E-state index contributed by atoms with van der Waals surface area (Å²) in [7, 11) is 0. The minimum absolute atomic E-state index is 0.242. The molecule has 3 heteroatoms. The fourth-order valence-corrected chi connectivity index (χ4v) is 9.20. The van der Waals surface area contributed by atoms with E-state index in [1.165, 1.54) is 55.3 Å². The monoisotopic (exact) mass is 501 g/mol. The van der Waals surface area contributed by atoms with E-state index < -0.39 is 0 Å². The fraction of sp³-hybridized carbons (Fsp3) is 0.400. The maximum absolute atomic E-state index is 12.5. The third kappa shape index (κ3) is 3.66. The number of carbonyl (C=O) groups excluding carboxylic acids is 1. The third-order valence-electron chi connectivity index (χ3n) is 10.5. The van der Waals surface area contributed by atoms with Crippen molar-refractivity contribution >= 4 is 11.7 Å². The van der Waals surface area contributed by atoms with E-state index in [1.807, 2.05) is 30.3 Å². The SMILES string of the molecule is O=C(Oc1ccc([C@@H]2Nc3ccc(C45CC6CC(CC(C6)C4)C5)cc3[C@H]3C=CC[C@H]32)cc1)c1ccccc1. The van der Waals surface area contributed by atoms with Crippen LogP contribution >= 0.6 is 0 Å². The van der Waals surface area contributed by atoms with Crippen molar-refractivity contribution in [2.45, 2.75) is 62.3 Å². The molecule has 192 valence electrons. The van der Waals surface area contributed by atoms with E-state index in [0.717, 1.165) is 24.2 Å². The lowest BCUT2D eigenvalue weighted by molar-refractivity contribution is -0.00523. The molecule has 1 N–H and O–H groups in total. The minimum Gasteiger partial charge on any atom is -0.423 e. The molecule has 3 nitrogen and oxygen atoms in total. The molecule has 0 saturated heterocycles. The Morgan fingerprint density at radius 2 is 1.55 bits per heavy atom. The number of carbonyl (C=O) groups is 1. The molecule has 3 aromatic rings. The lowest BCUT2D eigenvalue weighted by Crippen LogP contribution is -2.48. The molecule has 9 rings (SSSR count). The minimum atomic E-state index is -0.321. The third-order valence-corrected chi connectivity index (χ3v) is 10.5. The molecule has 0 unspecified atom stereocenters. The van der Waals surface area contributed by atoms with E-state index in [9.17, 15) is 4.79 Å². The van der Waals surface area contributed by atoms with Crippen LogP contribution in [-0.4, -0.2) is 5.97 Å². The molecule has 3 atom stereocenters. The average Bonchev–Trinajstić information content (AvgIpc) is 3.43. The normalized spacial score (nSPS) is 33.9. The van der Waals surface area contributed by atoms with Gasteiger partial charge in [-0.05, 0) is 121 Å².